The second kappa shape index (κ2) is 4.57. The fourth-order valence-corrected chi connectivity index (χ4v) is 2.25. The number of fused-ring (bicyclic) bond motifs is 1. The number of benzene rings is 1. The van der Waals surface area contributed by atoms with Crippen molar-refractivity contribution >= 4 is 23.3 Å². The van der Waals surface area contributed by atoms with E-state index in [0.29, 0.717) is 18.7 Å². The van der Waals surface area contributed by atoms with Crippen LogP contribution in [0.5, 0.6) is 0 Å². The molecular weight excluding hydrogens is 244 g/mol. The second-order valence-electron chi connectivity index (χ2n) is 5.66. The average molecular weight is 262 g/mol. The minimum atomic E-state index is -0.997. The van der Waals surface area contributed by atoms with Crippen molar-refractivity contribution in [2.75, 3.05) is 16.8 Å². The Morgan fingerprint density at radius 2 is 2.05 bits per heavy atom. The monoisotopic (exact) mass is 262 g/mol. The molecule has 1 aliphatic rings. The van der Waals surface area contributed by atoms with Crippen molar-refractivity contribution in [3.05, 3.63) is 23.8 Å². The van der Waals surface area contributed by atoms with Crippen molar-refractivity contribution in [3.63, 3.8) is 0 Å². The van der Waals surface area contributed by atoms with Crippen LogP contribution in [-0.4, -0.2) is 29.1 Å². The molecule has 1 aromatic carbocycles. The van der Waals surface area contributed by atoms with E-state index in [4.69, 9.17) is 5.11 Å². The minimum absolute atomic E-state index is 0.0875. The van der Waals surface area contributed by atoms with E-state index in [2.05, 4.69) is 31.0 Å². The predicted octanol–water partition coefficient (Wildman–Crippen LogP) is 2.33. The highest BCUT2D eigenvalue weighted by atomic mass is 16.4. The van der Waals surface area contributed by atoms with Gasteiger partial charge in [0, 0.05) is 18.5 Å². The van der Waals surface area contributed by atoms with Crippen molar-refractivity contribution in [2.24, 2.45) is 0 Å². The number of anilines is 2. The van der Waals surface area contributed by atoms with Gasteiger partial charge in [-0.05, 0) is 39.0 Å². The number of carboxylic acids is 1. The smallest absolute Gasteiger partial charge is 0.335 e. The summed E-state index contributed by atoms with van der Waals surface area (Å²) >= 11 is 0. The van der Waals surface area contributed by atoms with Gasteiger partial charge in [0.2, 0.25) is 5.91 Å². The number of carbonyl (C=O) groups is 2. The summed E-state index contributed by atoms with van der Waals surface area (Å²) in [5.41, 5.74) is 1.47. The first kappa shape index (κ1) is 13.4. The van der Waals surface area contributed by atoms with Gasteiger partial charge in [-0.15, -0.1) is 0 Å². The molecule has 0 aromatic heterocycles. The van der Waals surface area contributed by atoms with E-state index in [0.717, 1.165) is 5.69 Å². The highest BCUT2D eigenvalue weighted by Gasteiger charge is 2.27. The van der Waals surface area contributed by atoms with Crippen LogP contribution in [0.25, 0.3) is 0 Å². The molecule has 1 heterocycles. The molecule has 102 valence electrons. The van der Waals surface area contributed by atoms with Gasteiger partial charge in [0.25, 0.3) is 0 Å². The third kappa shape index (κ3) is 2.70. The summed E-state index contributed by atoms with van der Waals surface area (Å²) in [6, 6.07) is 4.84. The van der Waals surface area contributed by atoms with Crippen molar-refractivity contribution < 1.29 is 14.7 Å². The maximum atomic E-state index is 11.7. The number of rotatable bonds is 1. The maximum absolute atomic E-state index is 11.7. The van der Waals surface area contributed by atoms with E-state index in [9.17, 15) is 9.59 Å². The molecule has 0 saturated heterocycles. The summed E-state index contributed by atoms with van der Waals surface area (Å²) < 4.78 is 0. The number of hydrogen-bond donors (Lipinski definition) is 2. The molecular formula is C14H18N2O3. The fraction of sp³-hybridized carbons (Fsp3) is 0.429. The van der Waals surface area contributed by atoms with Gasteiger partial charge in [0.1, 0.15) is 0 Å². The summed E-state index contributed by atoms with van der Waals surface area (Å²) in [5.74, 6) is -1.08. The predicted molar refractivity (Wildman–Crippen MR) is 73.7 cm³/mol. The van der Waals surface area contributed by atoms with Crippen molar-refractivity contribution in [1.82, 2.24) is 0 Å². The third-order valence-corrected chi connectivity index (χ3v) is 3.18. The topological polar surface area (TPSA) is 69.6 Å². The summed E-state index contributed by atoms with van der Waals surface area (Å²) in [6.07, 6.45) is 0.397. The first-order valence-corrected chi connectivity index (χ1v) is 6.24. The number of carboxylic acid groups (broad SMARTS) is 1. The van der Waals surface area contributed by atoms with Crippen LogP contribution in [0, 0.1) is 0 Å². The lowest BCUT2D eigenvalue weighted by atomic mass is 10.0. The molecule has 0 spiro atoms. The Morgan fingerprint density at radius 3 is 2.63 bits per heavy atom. The molecule has 0 radical (unpaired) electrons. The molecule has 0 unspecified atom stereocenters. The minimum Gasteiger partial charge on any atom is -0.478 e. The fourth-order valence-electron chi connectivity index (χ4n) is 2.25. The van der Waals surface area contributed by atoms with Crippen molar-refractivity contribution in [2.45, 2.75) is 32.7 Å². The quantitative estimate of drug-likeness (QED) is 0.815. The van der Waals surface area contributed by atoms with E-state index < -0.39 is 5.97 Å². The number of carbonyl (C=O) groups excluding carboxylic acids is 1. The maximum Gasteiger partial charge on any atom is 0.335 e. The molecule has 0 aliphatic carbocycles. The first-order valence-electron chi connectivity index (χ1n) is 6.24. The van der Waals surface area contributed by atoms with Crippen LogP contribution in [0.4, 0.5) is 11.4 Å². The summed E-state index contributed by atoms with van der Waals surface area (Å²) in [6.45, 7) is 6.82. The normalized spacial score (nSPS) is 15.5. The number of nitrogens with zero attached hydrogens (tertiary/aromatic N) is 1. The summed E-state index contributed by atoms with van der Waals surface area (Å²) in [7, 11) is 0. The van der Waals surface area contributed by atoms with E-state index in [-0.39, 0.29) is 17.0 Å². The average Bonchev–Trinajstić information content (AvgIpc) is 2.45. The summed E-state index contributed by atoms with van der Waals surface area (Å²) in [5, 5.41) is 11.8. The number of amides is 1. The molecule has 19 heavy (non-hydrogen) atoms. The highest BCUT2D eigenvalue weighted by Crippen LogP contribution is 2.34. The molecule has 0 fully saturated rings. The Balaban J connectivity index is 2.53. The molecule has 2 N–H and O–H groups in total. The Labute approximate surface area is 112 Å². The lowest BCUT2D eigenvalue weighted by Gasteiger charge is -2.37. The van der Waals surface area contributed by atoms with Crippen LogP contribution in [0.3, 0.4) is 0 Å². The van der Waals surface area contributed by atoms with Crippen LogP contribution < -0.4 is 10.2 Å². The van der Waals surface area contributed by atoms with Gasteiger partial charge in [0.15, 0.2) is 0 Å². The molecule has 1 amide bonds. The Hall–Kier alpha value is -2.04. The van der Waals surface area contributed by atoms with Gasteiger partial charge in [-0.2, -0.15) is 0 Å². The SMILES string of the molecule is CC(C)(C)N1CCC(=O)Nc2cc(C(=O)O)ccc21. The lowest BCUT2D eigenvalue weighted by molar-refractivity contribution is -0.116. The second-order valence-corrected chi connectivity index (χ2v) is 5.66. The standard InChI is InChI=1S/C14H18N2O3/c1-14(2,3)16-7-6-12(17)15-10-8-9(13(18)19)4-5-11(10)16/h4-5,8H,6-7H2,1-3H3,(H,15,17)(H,18,19). The zero-order valence-electron chi connectivity index (χ0n) is 11.4. The van der Waals surface area contributed by atoms with Crippen LogP contribution in [0.1, 0.15) is 37.6 Å². The first-order chi connectivity index (χ1) is 8.79. The molecule has 0 saturated carbocycles. The molecule has 5 nitrogen and oxygen atoms in total. The third-order valence-electron chi connectivity index (χ3n) is 3.18. The Morgan fingerprint density at radius 1 is 1.37 bits per heavy atom. The lowest BCUT2D eigenvalue weighted by Crippen LogP contribution is -2.42. The van der Waals surface area contributed by atoms with Crippen molar-refractivity contribution in [1.29, 1.82) is 0 Å². The van der Waals surface area contributed by atoms with Crippen LogP contribution >= 0.6 is 0 Å². The zero-order chi connectivity index (χ0) is 14.2. The molecule has 5 heteroatoms. The number of nitrogens with one attached hydrogen (secondary N) is 1. The van der Waals surface area contributed by atoms with Crippen LogP contribution in [-0.2, 0) is 4.79 Å². The van der Waals surface area contributed by atoms with Crippen molar-refractivity contribution in [3.8, 4) is 0 Å². The molecule has 1 aromatic rings. The van der Waals surface area contributed by atoms with Crippen LogP contribution in [0.15, 0.2) is 18.2 Å². The van der Waals surface area contributed by atoms with E-state index >= 15 is 0 Å². The zero-order valence-corrected chi connectivity index (χ0v) is 11.4. The van der Waals surface area contributed by atoms with Crippen LogP contribution in [0.2, 0.25) is 0 Å². The van der Waals surface area contributed by atoms with Gasteiger partial charge in [-0.3, -0.25) is 4.79 Å². The molecule has 1 aliphatic heterocycles. The van der Waals surface area contributed by atoms with Gasteiger partial charge >= 0.3 is 5.97 Å². The van der Waals surface area contributed by atoms with Gasteiger partial charge in [0.05, 0.1) is 16.9 Å². The molecule has 0 bridgehead atoms. The molecule has 2 rings (SSSR count). The highest BCUT2D eigenvalue weighted by molar-refractivity contribution is 5.99. The van der Waals surface area contributed by atoms with Gasteiger partial charge in [-0.1, -0.05) is 0 Å². The number of hydrogen-bond acceptors (Lipinski definition) is 3. The number of aromatic carboxylic acids is 1. The van der Waals surface area contributed by atoms with Gasteiger partial charge < -0.3 is 15.3 Å². The summed E-state index contributed by atoms with van der Waals surface area (Å²) in [4.78, 5) is 24.8. The largest absolute Gasteiger partial charge is 0.478 e. The van der Waals surface area contributed by atoms with Gasteiger partial charge in [-0.25, -0.2) is 4.79 Å². The van der Waals surface area contributed by atoms with E-state index in [1.807, 2.05) is 0 Å². The van der Waals surface area contributed by atoms with E-state index in [1.165, 1.54) is 6.07 Å². The Kier molecular flexibility index (Phi) is 3.22. The van der Waals surface area contributed by atoms with E-state index in [1.54, 1.807) is 12.1 Å². The molecule has 0 atom stereocenters. The Bertz CT molecular complexity index is 532.